The highest BCUT2D eigenvalue weighted by Crippen LogP contribution is 2.46. The predicted octanol–water partition coefficient (Wildman–Crippen LogP) is 2.61. The summed E-state index contributed by atoms with van der Waals surface area (Å²) in [7, 11) is 0. The molecule has 2 aliphatic rings. The first kappa shape index (κ1) is 9.40. The van der Waals surface area contributed by atoms with E-state index >= 15 is 0 Å². The van der Waals surface area contributed by atoms with Crippen LogP contribution in [-0.4, -0.2) is 12.5 Å². The van der Waals surface area contributed by atoms with Gasteiger partial charge in [-0.2, -0.15) is 0 Å². The molecule has 78 valence electrons. The second kappa shape index (κ2) is 3.08. The molecule has 1 aliphatic heterocycles. The van der Waals surface area contributed by atoms with Crippen molar-refractivity contribution in [3.05, 3.63) is 33.8 Å². The zero-order valence-electron chi connectivity index (χ0n) is 8.35. The largest absolute Gasteiger partial charge is 0.351 e. The fraction of sp³-hybridized carbons (Fsp3) is 0.417. The van der Waals surface area contributed by atoms with Crippen molar-refractivity contribution in [3.63, 3.8) is 0 Å². The first-order valence-electron chi connectivity index (χ1n) is 5.30. The number of amides is 1. The Bertz CT molecular complexity index is 437. The summed E-state index contributed by atoms with van der Waals surface area (Å²) in [6.07, 6.45) is 3.70. The van der Waals surface area contributed by atoms with E-state index in [1.165, 1.54) is 24.8 Å². The molecule has 1 amide bonds. The molecule has 2 nitrogen and oxygen atoms in total. The lowest BCUT2D eigenvalue weighted by Crippen LogP contribution is -2.50. The highest BCUT2D eigenvalue weighted by Gasteiger charge is 2.43. The highest BCUT2D eigenvalue weighted by atomic mass is 79.9. The van der Waals surface area contributed by atoms with Gasteiger partial charge in [0.05, 0.1) is 0 Å². The molecule has 1 aliphatic carbocycles. The Morgan fingerprint density at radius 2 is 2.13 bits per heavy atom. The van der Waals surface area contributed by atoms with Crippen molar-refractivity contribution < 1.29 is 4.79 Å². The van der Waals surface area contributed by atoms with Gasteiger partial charge in [-0.3, -0.25) is 4.79 Å². The average Bonchev–Trinajstić information content (AvgIpc) is 2.17. The average molecular weight is 266 g/mol. The van der Waals surface area contributed by atoms with Crippen molar-refractivity contribution in [1.29, 1.82) is 0 Å². The van der Waals surface area contributed by atoms with E-state index in [9.17, 15) is 4.79 Å². The minimum Gasteiger partial charge on any atom is -0.351 e. The van der Waals surface area contributed by atoms with E-state index in [1.54, 1.807) is 0 Å². The molecule has 1 spiro atoms. The summed E-state index contributed by atoms with van der Waals surface area (Å²) in [5, 5.41) is 3.00. The molecule has 1 saturated carbocycles. The van der Waals surface area contributed by atoms with Gasteiger partial charge in [0.25, 0.3) is 5.91 Å². The van der Waals surface area contributed by atoms with E-state index in [4.69, 9.17) is 0 Å². The Hall–Kier alpha value is -0.830. The quantitative estimate of drug-likeness (QED) is 0.768. The van der Waals surface area contributed by atoms with Gasteiger partial charge < -0.3 is 5.32 Å². The Kier molecular flexibility index (Phi) is 1.93. The van der Waals surface area contributed by atoms with Crippen LogP contribution in [0.5, 0.6) is 0 Å². The van der Waals surface area contributed by atoms with Gasteiger partial charge in [-0.25, -0.2) is 0 Å². The summed E-state index contributed by atoms with van der Waals surface area (Å²) < 4.78 is 0.979. The number of hydrogen-bond donors (Lipinski definition) is 1. The van der Waals surface area contributed by atoms with Gasteiger partial charge >= 0.3 is 0 Å². The Balaban J connectivity index is 2.17. The molecule has 1 fully saturated rings. The maximum Gasteiger partial charge on any atom is 0.251 e. The number of rotatable bonds is 0. The number of fused-ring (bicyclic) bond motifs is 2. The van der Waals surface area contributed by atoms with E-state index in [0.717, 1.165) is 16.6 Å². The molecule has 1 aromatic carbocycles. The lowest BCUT2D eigenvalue weighted by atomic mass is 9.62. The van der Waals surface area contributed by atoms with Gasteiger partial charge in [0.15, 0.2) is 0 Å². The smallest absolute Gasteiger partial charge is 0.251 e. The van der Waals surface area contributed by atoms with Crippen LogP contribution in [-0.2, 0) is 5.41 Å². The number of benzene rings is 1. The fourth-order valence-electron chi connectivity index (χ4n) is 2.66. The van der Waals surface area contributed by atoms with Crippen molar-refractivity contribution >= 4 is 21.8 Å². The maximum absolute atomic E-state index is 11.7. The molecular formula is C12H12BrNO. The fourth-order valence-corrected chi connectivity index (χ4v) is 3.02. The summed E-state index contributed by atoms with van der Waals surface area (Å²) >= 11 is 3.42. The Morgan fingerprint density at radius 3 is 2.80 bits per heavy atom. The zero-order valence-corrected chi connectivity index (χ0v) is 9.93. The molecule has 0 unspecified atom stereocenters. The molecule has 0 atom stereocenters. The predicted molar refractivity (Wildman–Crippen MR) is 62.0 cm³/mol. The van der Waals surface area contributed by atoms with Crippen LogP contribution in [0.25, 0.3) is 0 Å². The van der Waals surface area contributed by atoms with Crippen LogP contribution >= 0.6 is 15.9 Å². The molecule has 15 heavy (non-hydrogen) atoms. The third kappa shape index (κ3) is 1.26. The van der Waals surface area contributed by atoms with Crippen LogP contribution in [0, 0.1) is 0 Å². The molecule has 1 heterocycles. The van der Waals surface area contributed by atoms with Crippen LogP contribution in [0.15, 0.2) is 22.7 Å². The first-order valence-corrected chi connectivity index (χ1v) is 6.09. The van der Waals surface area contributed by atoms with E-state index in [1.807, 2.05) is 12.1 Å². The number of carbonyl (C=O) groups is 1. The van der Waals surface area contributed by atoms with Crippen molar-refractivity contribution in [2.24, 2.45) is 0 Å². The summed E-state index contributed by atoms with van der Waals surface area (Å²) in [6.45, 7) is 0.820. The Morgan fingerprint density at radius 1 is 1.33 bits per heavy atom. The van der Waals surface area contributed by atoms with Crippen LogP contribution in [0.4, 0.5) is 0 Å². The summed E-state index contributed by atoms with van der Waals surface area (Å²) in [6, 6.07) is 6.08. The molecule has 0 saturated heterocycles. The van der Waals surface area contributed by atoms with E-state index < -0.39 is 0 Å². The van der Waals surface area contributed by atoms with E-state index in [2.05, 4.69) is 27.3 Å². The minimum atomic E-state index is 0.0730. The number of carbonyl (C=O) groups excluding carboxylic acids is 1. The molecule has 0 radical (unpaired) electrons. The van der Waals surface area contributed by atoms with Crippen molar-refractivity contribution in [2.45, 2.75) is 24.7 Å². The normalized spacial score (nSPS) is 21.8. The third-order valence-corrected chi connectivity index (χ3v) is 4.19. The summed E-state index contributed by atoms with van der Waals surface area (Å²) in [5.41, 5.74) is 2.36. The summed E-state index contributed by atoms with van der Waals surface area (Å²) in [5.74, 6) is 0.0730. The molecule has 3 rings (SSSR count). The van der Waals surface area contributed by atoms with Gasteiger partial charge in [-0.05, 0) is 30.5 Å². The summed E-state index contributed by atoms with van der Waals surface area (Å²) in [4.78, 5) is 11.7. The standard InChI is InChI=1S/C12H12BrNO/c13-8-2-3-10-9(6-8)11(15)14-7-12(10)4-1-5-12/h2-3,6H,1,4-5,7H2,(H,14,15). The van der Waals surface area contributed by atoms with Gasteiger partial charge in [0, 0.05) is 22.0 Å². The minimum absolute atomic E-state index is 0.0730. The zero-order chi connectivity index (χ0) is 10.5. The SMILES string of the molecule is O=C1NCC2(CCC2)c2ccc(Br)cc21. The van der Waals surface area contributed by atoms with Crippen LogP contribution in [0.3, 0.4) is 0 Å². The second-order valence-electron chi connectivity index (χ2n) is 4.51. The topological polar surface area (TPSA) is 29.1 Å². The maximum atomic E-state index is 11.7. The number of nitrogens with one attached hydrogen (secondary N) is 1. The van der Waals surface area contributed by atoms with E-state index in [-0.39, 0.29) is 11.3 Å². The van der Waals surface area contributed by atoms with E-state index in [0.29, 0.717) is 0 Å². The van der Waals surface area contributed by atoms with Crippen molar-refractivity contribution in [3.8, 4) is 0 Å². The molecule has 0 aromatic heterocycles. The molecule has 1 aromatic rings. The lowest BCUT2D eigenvalue weighted by Gasteiger charge is -2.46. The van der Waals surface area contributed by atoms with Crippen molar-refractivity contribution in [2.75, 3.05) is 6.54 Å². The first-order chi connectivity index (χ1) is 7.21. The monoisotopic (exact) mass is 265 g/mol. The van der Waals surface area contributed by atoms with Crippen molar-refractivity contribution in [1.82, 2.24) is 5.32 Å². The van der Waals surface area contributed by atoms with Gasteiger partial charge in [0.1, 0.15) is 0 Å². The highest BCUT2D eigenvalue weighted by molar-refractivity contribution is 9.10. The molecule has 3 heteroatoms. The molecule has 0 bridgehead atoms. The third-order valence-electron chi connectivity index (χ3n) is 3.70. The Labute approximate surface area is 97.2 Å². The number of hydrogen-bond acceptors (Lipinski definition) is 1. The second-order valence-corrected chi connectivity index (χ2v) is 5.42. The van der Waals surface area contributed by atoms with Crippen LogP contribution < -0.4 is 5.32 Å². The number of halogens is 1. The van der Waals surface area contributed by atoms with Crippen LogP contribution in [0.1, 0.15) is 35.2 Å². The molecular weight excluding hydrogens is 254 g/mol. The van der Waals surface area contributed by atoms with Gasteiger partial charge in [-0.15, -0.1) is 0 Å². The lowest BCUT2D eigenvalue weighted by molar-refractivity contribution is 0.0896. The molecule has 1 N–H and O–H groups in total. The van der Waals surface area contributed by atoms with Crippen LogP contribution in [0.2, 0.25) is 0 Å². The van der Waals surface area contributed by atoms with Gasteiger partial charge in [0.2, 0.25) is 0 Å². The van der Waals surface area contributed by atoms with Gasteiger partial charge in [-0.1, -0.05) is 28.4 Å².